The quantitative estimate of drug-likeness (QED) is 0.0742. The molecule has 4 aromatic rings. The highest BCUT2D eigenvalue weighted by Crippen LogP contribution is 2.39. The van der Waals surface area contributed by atoms with E-state index in [1.807, 2.05) is 83.1 Å². The molecule has 1 aromatic heterocycles. The monoisotopic (exact) mass is 1030 g/mol. The fraction of sp³-hybridized carbons (Fsp3) is 0.491. The molecule has 7 N–H and O–H groups in total. The highest BCUT2D eigenvalue weighted by atomic mass is 32.1. The van der Waals surface area contributed by atoms with Crippen LogP contribution >= 0.6 is 11.3 Å². The third kappa shape index (κ3) is 13.6. The minimum absolute atomic E-state index is 0.0148. The van der Waals surface area contributed by atoms with Crippen molar-refractivity contribution in [1.82, 2.24) is 31.2 Å². The van der Waals surface area contributed by atoms with Crippen LogP contribution in [0.2, 0.25) is 0 Å². The first kappa shape index (κ1) is 54.9. The van der Waals surface area contributed by atoms with E-state index in [1.165, 1.54) is 9.80 Å². The van der Waals surface area contributed by atoms with Crippen LogP contribution in [0.4, 0.5) is 10.5 Å². The standard InChI is InChI=1S/C55H70N8O10S/c1-31(34-16-18-36(19-17-34)47-32(2)57-30-74-47)58-49(67)42-27-39(64)28-62(42)52(70)48(54(3,4)5)61-45(66)24-15-33-11-9-14-40(25-33)72-29-38(21-23-44(56)65)59-50(68)43-26-37-13-10-12-35-20-22-41(51(69)63(43)46(35)37)60-53(71)73-55(6,7)8/h9-14,16-19,25,30-31,38-39,41-43,48,64H,15,20-24,26-29H2,1-8H3,(H2,56,65)(H,58,67)(H,59,68)(H,60,71)(H,61,66)/t31-,38-,39+,41-,42-,43-,48+/m0/s1. The Labute approximate surface area is 436 Å². The van der Waals surface area contributed by atoms with Gasteiger partial charge in [-0.05, 0) is 106 Å². The average Bonchev–Trinajstić information content (AvgIpc) is 4.05. The van der Waals surface area contributed by atoms with E-state index in [2.05, 4.69) is 26.3 Å². The predicted octanol–water partition coefficient (Wildman–Crippen LogP) is 5.35. The summed E-state index contributed by atoms with van der Waals surface area (Å²) in [6, 6.07) is 15.8. The SMILES string of the molecule is Cc1ncsc1-c1ccc([C@H](C)NC(=O)[C@@H]2C[C@@H](O)CN2C(=O)[C@@H](NC(=O)CCc2cccc(OC[C@H](CCC(N)=O)NC(=O)[C@@H]3Cc4cccc5c4N3C(=O)[C@@H](NC(=O)OC(C)(C)C)CC5)c2)C(C)(C)C)cc1. The lowest BCUT2D eigenvalue weighted by Gasteiger charge is -2.35. The number of likely N-dealkylation sites (tertiary alicyclic amines) is 1. The first-order chi connectivity index (χ1) is 34.9. The summed E-state index contributed by atoms with van der Waals surface area (Å²) in [5.41, 5.74) is 11.8. The predicted molar refractivity (Wildman–Crippen MR) is 280 cm³/mol. The maximum absolute atomic E-state index is 14.3. The number of alkyl carbamates (subject to hydrolysis) is 1. The highest BCUT2D eigenvalue weighted by molar-refractivity contribution is 7.13. The maximum atomic E-state index is 14.3. The van der Waals surface area contributed by atoms with Crippen molar-refractivity contribution < 1.29 is 48.1 Å². The molecule has 0 spiro atoms. The molecule has 396 valence electrons. The number of carbonyl (C=O) groups is 7. The number of carbonyl (C=O) groups excluding carboxylic acids is 7. The molecule has 7 amide bonds. The third-order valence-corrected chi connectivity index (χ3v) is 14.5. The minimum Gasteiger partial charge on any atom is -0.491 e. The number of aliphatic hydroxyl groups is 1. The molecule has 4 heterocycles. The number of nitrogens with zero attached hydrogens (tertiary/aromatic N) is 3. The lowest BCUT2D eigenvalue weighted by molar-refractivity contribution is -0.144. The van der Waals surface area contributed by atoms with Gasteiger partial charge < -0.3 is 46.5 Å². The van der Waals surface area contributed by atoms with Gasteiger partial charge in [0.25, 0.3) is 0 Å². The molecule has 0 bridgehead atoms. The Bertz CT molecular complexity index is 2730. The average molecular weight is 1040 g/mol. The number of benzene rings is 3. The number of ether oxygens (including phenoxy) is 2. The number of aromatic nitrogens is 1. The number of β-amino-alcohol motifs (C(OH)–C–C–N with tert-alkyl or cyclic N) is 1. The van der Waals surface area contributed by atoms with Gasteiger partial charge in [-0.25, -0.2) is 9.78 Å². The van der Waals surface area contributed by atoms with Crippen LogP contribution in [0.1, 0.15) is 115 Å². The summed E-state index contributed by atoms with van der Waals surface area (Å²) in [7, 11) is 0. The third-order valence-electron chi connectivity index (χ3n) is 13.5. The largest absolute Gasteiger partial charge is 0.491 e. The number of nitrogens with one attached hydrogen (secondary N) is 4. The van der Waals surface area contributed by atoms with Crippen molar-refractivity contribution in [3.63, 3.8) is 0 Å². The Morgan fingerprint density at radius 2 is 1.61 bits per heavy atom. The van der Waals surface area contributed by atoms with Crippen LogP contribution in [0.25, 0.3) is 10.4 Å². The number of aryl methyl sites for hydroxylation is 3. The number of amides is 7. The lowest BCUT2D eigenvalue weighted by atomic mass is 9.85. The first-order valence-corrected chi connectivity index (χ1v) is 26.2. The number of aliphatic hydroxyl groups excluding tert-OH is 1. The van der Waals surface area contributed by atoms with Crippen molar-refractivity contribution in [2.45, 2.75) is 155 Å². The smallest absolute Gasteiger partial charge is 0.408 e. The molecule has 1 fully saturated rings. The molecule has 3 aliphatic heterocycles. The summed E-state index contributed by atoms with van der Waals surface area (Å²) in [6.07, 6.45) is -0.139. The van der Waals surface area contributed by atoms with Crippen molar-refractivity contribution in [2.24, 2.45) is 11.1 Å². The fourth-order valence-corrected chi connectivity index (χ4v) is 10.5. The van der Waals surface area contributed by atoms with Crippen LogP contribution in [0.15, 0.2) is 72.2 Å². The van der Waals surface area contributed by atoms with Gasteiger partial charge in [0.1, 0.15) is 42.1 Å². The summed E-state index contributed by atoms with van der Waals surface area (Å²) in [5.74, 6) is -2.27. The lowest BCUT2D eigenvalue weighted by Crippen LogP contribution is -2.57. The molecule has 7 atom stereocenters. The number of anilines is 1. The van der Waals surface area contributed by atoms with Gasteiger partial charge in [-0.1, -0.05) is 75.4 Å². The number of para-hydroxylation sites is 1. The van der Waals surface area contributed by atoms with Gasteiger partial charge >= 0.3 is 6.09 Å². The molecule has 3 aliphatic rings. The Hall–Kier alpha value is -6.86. The normalized spacial score (nSPS) is 19.6. The second kappa shape index (κ2) is 23.1. The van der Waals surface area contributed by atoms with Gasteiger partial charge in [0.05, 0.1) is 40.0 Å². The summed E-state index contributed by atoms with van der Waals surface area (Å²) < 4.78 is 11.6. The molecule has 0 saturated carbocycles. The summed E-state index contributed by atoms with van der Waals surface area (Å²) in [6.45, 7) is 14.4. The molecule has 1 saturated heterocycles. The number of thiazole rings is 1. The molecule has 0 radical (unpaired) electrons. The molecule has 0 aliphatic carbocycles. The van der Waals surface area contributed by atoms with Crippen LogP contribution in [-0.4, -0.2) is 112 Å². The Kier molecular flexibility index (Phi) is 17.2. The van der Waals surface area contributed by atoms with Gasteiger partial charge in [0.2, 0.25) is 35.4 Å². The van der Waals surface area contributed by atoms with E-state index in [9.17, 15) is 38.7 Å². The van der Waals surface area contributed by atoms with Gasteiger partial charge in [-0.2, -0.15) is 0 Å². The van der Waals surface area contributed by atoms with Crippen molar-refractivity contribution in [2.75, 3.05) is 18.1 Å². The number of hydrogen-bond acceptors (Lipinski definition) is 12. The van der Waals surface area contributed by atoms with Crippen molar-refractivity contribution >= 4 is 58.6 Å². The molecule has 19 heteroatoms. The number of nitrogens with two attached hydrogens (primary N) is 1. The van der Waals surface area contributed by atoms with Crippen LogP contribution < -0.4 is 36.6 Å². The van der Waals surface area contributed by atoms with Gasteiger partial charge in [-0.15, -0.1) is 11.3 Å². The number of hydrogen-bond donors (Lipinski definition) is 6. The Morgan fingerprint density at radius 3 is 2.28 bits per heavy atom. The van der Waals surface area contributed by atoms with E-state index in [-0.39, 0.29) is 63.6 Å². The van der Waals surface area contributed by atoms with Crippen LogP contribution in [0.3, 0.4) is 0 Å². The Morgan fingerprint density at radius 1 is 0.905 bits per heavy atom. The van der Waals surface area contributed by atoms with E-state index >= 15 is 0 Å². The van der Waals surface area contributed by atoms with Gasteiger partial charge in [-0.3, -0.25) is 33.7 Å². The van der Waals surface area contributed by atoms with E-state index in [0.29, 0.717) is 24.3 Å². The molecule has 18 nitrogen and oxygen atoms in total. The second-order valence-corrected chi connectivity index (χ2v) is 22.5. The van der Waals surface area contributed by atoms with E-state index in [4.69, 9.17) is 15.2 Å². The maximum Gasteiger partial charge on any atom is 0.408 e. The van der Waals surface area contributed by atoms with E-state index in [1.54, 1.807) is 55.8 Å². The Balaban J connectivity index is 0.951. The summed E-state index contributed by atoms with van der Waals surface area (Å²) in [5, 5.41) is 22.4. The highest BCUT2D eigenvalue weighted by Gasteiger charge is 2.46. The van der Waals surface area contributed by atoms with Crippen molar-refractivity contribution in [3.8, 4) is 16.2 Å². The van der Waals surface area contributed by atoms with Crippen molar-refractivity contribution in [1.29, 1.82) is 0 Å². The van der Waals surface area contributed by atoms with Crippen LogP contribution in [-0.2, 0) is 52.8 Å². The summed E-state index contributed by atoms with van der Waals surface area (Å²) >= 11 is 1.56. The van der Waals surface area contributed by atoms with E-state index in [0.717, 1.165) is 38.4 Å². The van der Waals surface area contributed by atoms with Crippen LogP contribution in [0, 0.1) is 12.3 Å². The molecule has 7 rings (SSSR count). The van der Waals surface area contributed by atoms with Crippen molar-refractivity contribution in [3.05, 3.63) is 100 Å². The van der Waals surface area contributed by atoms with Gasteiger partial charge in [0.15, 0.2) is 0 Å². The fourth-order valence-electron chi connectivity index (χ4n) is 9.73. The minimum atomic E-state index is -1.01. The molecule has 74 heavy (non-hydrogen) atoms. The van der Waals surface area contributed by atoms with E-state index < -0.39 is 83.0 Å². The summed E-state index contributed by atoms with van der Waals surface area (Å²) in [4.78, 5) is 103. The topological polar surface area (TPSA) is 252 Å². The molecule has 3 aromatic carbocycles. The molecular weight excluding hydrogens is 965 g/mol. The van der Waals surface area contributed by atoms with Crippen LogP contribution in [0.5, 0.6) is 5.75 Å². The zero-order valence-corrected chi connectivity index (χ0v) is 44.3. The zero-order chi connectivity index (χ0) is 53.6. The zero-order valence-electron chi connectivity index (χ0n) is 43.5. The van der Waals surface area contributed by atoms with Gasteiger partial charge in [0, 0.05) is 32.2 Å². The molecular formula is C55H70N8O10S. The number of primary amides is 1. The molecule has 0 unspecified atom stereocenters. The number of rotatable bonds is 18. The first-order valence-electron chi connectivity index (χ1n) is 25.3. The second-order valence-electron chi connectivity index (χ2n) is 21.6.